The third-order valence-electron chi connectivity index (χ3n) is 2.44. The molecule has 0 unspecified atom stereocenters. The number of anilines is 1. The molecule has 0 atom stereocenters. The fourth-order valence-corrected chi connectivity index (χ4v) is 2.39. The molecule has 0 aliphatic rings. The smallest absolute Gasteiger partial charge is 0.301 e. The Morgan fingerprint density at radius 2 is 1.84 bits per heavy atom. The number of rotatable bonds is 4. The Morgan fingerprint density at radius 1 is 1.16 bits per heavy atom. The lowest BCUT2D eigenvalue weighted by atomic mass is 10.4. The van der Waals surface area contributed by atoms with E-state index in [1.54, 1.807) is 6.07 Å². The zero-order chi connectivity index (χ0) is 13.8. The highest BCUT2D eigenvalue weighted by Crippen LogP contribution is 2.34. The maximum Gasteiger partial charge on any atom is 0.301 e. The van der Waals surface area contributed by atoms with Gasteiger partial charge in [-0.25, -0.2) is 4.98 Å². The summed E-state index contributed by atoms with van der Waals surface area (Å²) >= 11 is 1.29. The van der Waals surface area contributed by atoms with Crippen LogP contribution in [0.15, 0.2) is 52.4 Å². The first-order valence-corrected chi connectivity index (χ1v) is 6.45. The third kappa shape index (κ3) is 3.23. The number of benzene rings is 1. The monoisotopic (exact) mass is 275 g/mol. The van der Waals surface area contributed by atoms with Gasteiger partial charge in [0.15, 0.2) is 5.03 Å². The van der Waals surface area contributed by atoms with Gasteiger partial charge in [0, 0.05) is 25.1 Å². The van der Waals surface area contributed by atoms with Gasteiger partial charge in [0.1, 0.15) is 5.82 Å². The molecule has 1 aromatic carbocycles. The number of hydrogen-bond donors (Lipinski definition) is 0. The molecular formula is C13H13N3O2S. The lowest BCUT2D eigenvalue weighted by Crippen LogP contribution is -2.11. The summed E-state index contributed by atoms with van der Waals surface area (Å²) in [5, 5.41) is 11.4. The molecule has 5 nitrogen and oxygen atoms in total. The standard InChI is InChI=1S/C13H13N3O2S/c1-15(2)12-9-8-11(16(17)18)13(14-12)19-10-6-4-3-5-7-10/h3-9H,1-2H3. The molecule has 0 N–H and O–H groups in total. The first-order valence-electron chi connectivity index (χ1n) is 5.63. The van der Waals surface area contributed by atoms with Gasteiger partial charge in [-0.05, 0) is 18.2 Å². The Bertz CT molecular complexity index is 588. The van der Waals surface area contributed by atoms with Crippen LogP contribution in [0.1, 0.15) is 0 Å². The summed E-state index contributed by atoms with van der Waals surface area (Å²) < 4.78 is 0. The Labute approximate surface area is 115 Å². The fourth-order valence-electron chi connectivity index (χ4n) is 1.49. The molecule has 0 saturated heterocycles. The summed E-state index contributed by atoms with van der Waals surface area (Å²) in [6.07, 6.45) is 0. The lowest BCUT2D eigenvalue weighted by Gasteiger charge is -2.12. The van der Waals surface area contributed by atoms with E-state index in [1.165, 1.54) is 17.8 Å². The van der Waals surface area contributed by atoms with E-state index in [4.69, 9.17) is 0 Å². The van der Waals surface area contributed by atoms with Crippen molar-refractivity contribution in [2.75, 3.05) is 19.0 Å². The summed E-state index contributed by atoms with van der Waals surface area (Å²) in [6, 6.07) is 12.6. The molecule has 2 rings (SSSR count). The molecule has 0 bridgehead atoms. The maximum absolute atomic E-state index is 11.0. The van der Waals surface area contributed by atoms with Crippen molar-refractivity contribution in [2.24, 2.45) is 0 Å². The summed E-state index contributed by atoms with van der Waals surface area (Å²) in [5.41, 5.74) is 0.0273. The molecule has 0 spiro atoms. The zero-order valence-electron chi connectivity index (χ0n) is 10.6. The quantitative estimate of drug-likeness (QED) is 0.633. The Hall–Kier alpha value is -2.08. The summed E-state index contributed by atoms with van der Waals surface area (Å²) in [7, 11) is 3.70. The van der Waals surface area contributed by atoms with E-state index in [0.717, 1.165) is 4.90 Å². The number of aromatic nitrogens is 1. The molecule has 0 fully saturated rings. The van der Waals surface area contributed by atoms with Gasteiger partial charge in [0.25, 0.3) is 0 Å². The van der Waals surface area contributed by atoms with Crippen molar-refractivity contribution >= 4 is 23.3 Å². The van der Waals surface area contributed by atoms with Crippen LogP contribution in [0.4, 0.5) is 11.5 Å². The van der Waals surface area contributed by atoms with Crippen molar-refractivity contribution in [1.29, 1.82) is 0 Å². The molecule has 0 saturated carbocycles. The topological polar surface area (TPSA) is 59.3 Å². The van der Waals surface area contributed by atoms with Gasteiger partial charge in [-0.15, -0.1) is 0 Å². The van der Waals surface area contributed by atoms with Crippen molar-refractivity contribution in [1.82, 2.24) is 4.98 Å². The summed E-state index contributed by atoms with van der Waals surface area (Å²) in [5.74, 6) is 0.698. The molecule has 0 aliphatic carbocycles. The molecular weight excluding hydrogens is 262 g/mol. The van der Waals surface area contributed by atoms with Crippen molar-refractivity contribution in [3.63, 3.8) is 0 Å². The molecule has 0 amide bonds. The number of nitro groups is 1. The highest BCUT2D eigenvalue weighted by Gasteiger charge is 2.17. The molecule has 98 valence electrons. The number of hydrogen-bond acceptors (Lipinski definition) is 5. The second kappa shape index (κ2) is 5.71. The first-order chi connectivity index (χ1) is 9.08. The molecule has 2 aromatic rings. The van der Waals surface area contributed by atoms with E-state index >= 15 is 0 Å². The van der Waals surface area contributed by atoms with Crippen LogP contribution < -0.4 is 4.90 Å². The molecule has 1 aromatic heterocycles. The Balaban J connectivity index is 2.41. The molecule has 6 heteroatoms. The number of pyridine rings is 1. The van der Waals surface area contributed by atoms with Gasteiger partial charge < -0.3 is 4.90 Å². The van der Waals surface area contributed by atoms with Crippen molar-refractivity contribution in [3.05, 3.63) is 52.6 Å². The zero-order valence-corrected chi connectivity index (χ0v) is 11.4. The minimum atomic E-state index is -0.405. The Morgan fingerprint density at radius 3 is 2.42 bits per heavy atom. The third-order valence-corrected chi connectivity index (χ3v) is 3.44. The largest absolute Gasteiger partial charge is 0.363 e. The van der Waals surface area contributed by atoms with Gasteiger partial charge in [-0.2, -0.15) is 0 Å². The van der Waals surface area contributed by atoms with Crippen molar-refractivity contribution in [3.8, 4) is 0 Å². The van der Waals surface area contributed by atoms with E-state index < -0.39 is 4.92 Å². The van der Waals surface area contributed by atoms with Crippen LogP contribution in [0.2, 0.25) is 0 Å². The van der Waals surface area contributed by atoms with Crippen molar-refractivity contribution in [2.45, 2.75) is 9.92 Å². The normalized spacial score (nSPS) is 10.2. The van der Waals surface area contributed by atoms with E-state index in [-0.39, 0.29) is 5.69 Å². The highest BCUT2D eigenvalue weighted by atomic mass is 32.2. The second-order valence-electron chi connectivity index (χ2n) is 4.06. The lowest BCUT2D eigenvalue weighted by molar-refractivity contribution is -0.388. The van der Waals surface area contributed by atoms with Crippen LogP contribution in [0.5, 0.6) is 0 Å². The average molecular weight is 275 g/mol. The van der Waals surface area contributed by atoms with Gasteiger partial charge in [0.05, 0.1) is 4.92 Å². The van der Waals surface area contributed by atoms with E-state index in [1.807, 2.05) is 49.3 Å². The number of nitrogens with zero attached hydrogens (tertiary/aromatic N) is 3. The van der Waals surface area contributed by atoms with E-state index in [9.17, 15) is 10.1 Å². The van der Waals surface area contributed by atoms with Crippen LogP contribution in [-0.4, -0.2) is 24.0 Å². The van der Waals surface area contributed by atoms with Gasteiger partial charge >= 0.3 is 5.69 Å². The minimum absolute atomic E-state index is 0.0273. The summed E-state index contributed by atoms with van der Waals surface area (Å²) in [6.45, 7) is 0. The predicted octanol–water partition coefficient (Wildman–Crippen LogP) is 3.21. The van der Waals surface area contributed by atoms with Gasteiger partial charge in [0.2, 0.25) is 0 Å². The maximum atomic E-state index is 11.0. The van der Waals surface area contributed by atoms with Gasteiger partial charge in [-0.3, -0.25) is 10.1 Å². The van der Waals surface area contributed by atoms with Crippen LogP contribution in [0.25, 0.3) is 0 Å². The average Bonchev–Trinajstić information content (AvgIpc) is 2.39. The predicted molar refractivity (Wildman–Crippen MR) is 75.8 cm³/mol. The molecule has 1 heterocycles. The first kappa shape index (κ1) is 13.4. The van der Waals surface area contributed by atoms with E-state index in [2.05, 4.69) is 4.98 Å². The molecule has 0 radical (unpaired) electrons. The van der Waals surface area contributed by atoms with Crippen LogP contribution in [-0.2, 0) is 0 Å². The van der Waals surface area contributed by atoms with Crippen molar-refractivity contribution < 1.29 is 4.92 Å². The second-order valence-corrected chi connectivity index (χ2v) is 5.12. The summed E-state index contributed by atoms with van der Waals surface area (Å²) in [4.78, 5) is 17.7. The van der Waals surface area contributed by atoms with Crippen LogP contribution in [0.3, 0.4) is 0 Å². The van der Waals surface area contributed by atoms with Crippen LogP contribution >= 0.6 is 11.8 Å². The Kier molecular flexibility index (Phi) is 4.01. The van der Waals surface area contributed by atoms with E-state index in [0.29, 0.717) is 10.8 Å². The SMILES string of the molecule is CN(C)c1ccc([N+](=O)[O-])c(Sc2ccccc2)n1. The van der Waals surface area contributed by atoms with Gasteiger partial charge in [-0.1, -0.05) is 30.0 Å². The fraction of sp³-hybridized carbons (Fsp3) is 0.154. The highest BCUT2D eigenvalue weighted by molar-refractivity contribution is 7.99. The molecule has 19 heavy (non-hydrogen) atoms. The minimum Gasteiger partial charge on any atom is -0.363 e. The van der Waals surface area contributed by atoms with Crippen LogP contribution in [0, 0.1) is 10.1 Å². The molecule has 0 aliphatic heterocycles.